The molecule has 22 heavy (non-hydrogen) atoms. The number of nitrogen functional groups attached to an aromatic ring is 1. The largest absolute Gasteiger partial charge is 0.383 e. The van der Waals surface area contributed by atoms with Gasteiger partial charge in [0.2, 0.25) is 0 Å². The van der Waals surface area contributed by atoms with Crippen LogP contribution in [-0.2, 0) is 6.54 Å². The van der Waals surface area contributed by atoms with E-state index in [0.717, 1.165) is 5.56 Å². The third-order valence-corrected chi connectivity index (χ3v) is 3.73. The van der Waals surface area contributed by atoms with Gasteiger partial charge in [0.1, 0.15) is 11.5 Å². The highest BCUT2D eigenvalue weighted by Crippen LogP contribution is 2.16. The van der Waals surface area contributed by atoms with Crippen LogP contribution >= 0.6 is 12.2 Å². The maximum Gasteiger partial charge on any atom is 0.330 e. The van der Waals surface area contributed by atoms with Gasteiger partial charge in [-0.3, -0.25) is 14.3 Å². The molecule has 2 rings (SSSR count). The van der Waals surface area contributed by atoms with E-state index >= 15 is 0 Å². The van der Waals surface area contributed by atoms with Gasteiger partial charge in [0, 0.05) is 14.1 Å². The quantitative estimate of drug-likeness (QED) is 0.695. The lowest BCUT2D eigenvalue weighted by Gasteiger charge is -2.22. The lowest BCUT2D eigenvalue weighted by molar-refractivity contribution is 0.732. The Labute approximate surface area is 132 Å². The molecule has 8 heteroatoms. The van der Waals surface area contributed by atoms with E-state index in [1.165, 1.54) is 9.47 Å². The number of benzene rings is 1. The zero-order valence-corrected chi connectivity index (χ0v) is 13.1. The van der Waals surface area contributed by atoms with Crippen LogP contribution in [-0.4, -0.2) is 28.8 Å². The van der Waals surface area contributed by atoms with E-state index < -0.39 is 11.2 Å². The van der Waals surface area contributed by atoms with Crippen LogP contribution in [0.1, 0.15) is 5.56 Å². The molecule has 1 aromatic heterocycles. The number of aromatic nitrogens is 2. The minimum absolute atomic E-state index is 0.0673. The lowest BCUT2D eigenvalue weighted by Crippen LogP contribution is -2.42. The minimum Gasteiger partial charge on any atom is -0.383 e. The van der Waals surface area contributed by atoms with Gasteiger partial charge in [-0.25, -0.2) is 4.79 Å². The normalized spacial score (nSPS) is 10.3. The third kappa shape index (κ3) is 3.01. The van der Waals surface area contributed by atoms with Gasteiger partial charge in [0.15, 0.2) is 5.11 Å². The van der Waals surface area contributed by atoms with Gasteiger partial charge >= 0.3 is 5.69 Å². The molecule has 1 heterocycles. The van der Waals surface area contributed by atoms with E-state index in [-0.39, 0.29) is 18.1 Å². The Balaban J connectivity index is 2.54. The highest BCUT2D eigenvalue weighted by atomic mass is 32.1. The Morgan fingerprint density at radius 2 is 2.00 bits per heavy atom. The van der Waals surface area contributed by atoms with Crippen molar-refractivity contribution in [3.63, 3.8) is 0 Å². The van der Waals surface area contributed by atoms with E-state index in [2.05, 4.69) is 10.3 Å². The number of hydrogen-bond acceptors (Lipinski definition) is 4. The molecule has 0 aliphatic rings. The number of hydrogen-bond donors (Lipinski definition) is 3. The first-order chi connectivity index (χ1) is 10.5. The molecule has 0 radical (unpaired) electrons. The molecule has 0 unspecified atom stereocenters. The molecule has 0 atom stereocenters. The van der Waals surface area contributed by atoms with Crippen molar-refractivity contribution < 1.29 is 0 Å². The predicted molar refractivity (Wildman–Crippen MR) is 91.3 cm³/mol. The van der Waals surface area contributed by atoms with Crippen LogP contribution in [0.2, 0.25) is 0 Å². The smallest absolute Gasteiger partial charge is 0.330 e. The molecule has 0 saturated carbocycles. The number of nitrogens with zero attached hydrogens (tertiary/aromatic N) is 2. The molecule has 1 aromatic carbocycles. The van der Waals surface area contributed by atoms with Crippen molar-refractivity contribution in [2.75, 3.05) is 24.7 Å². The zero-order chi connectivity index (χ0) is 16.3. The summed E-state index contributed by atoms with van der Waals surface area (Å²) in [5.74, 6) is 0.0673. The summed E-state index contributed by atoms with van der Waals surface area (Å²) >= 11 is 5.10. The van der Waals surface area contributed by atoms with Gasteiger partial charge in [-0.2, -0.15) is 0 Å². The number of aromatic amines is 1. The standard InChI is InChI=1S/C14H17N5O2S/c1-16-14(22)18(2)10-11(15)19(13(21)17-12(10)20)8-9-6-4-3-5-7-9/h3-7H,8,15H2,1-2H3,(H,16,22)(H,17,20,21). The molecular formula is C14H17N5O2S. The van der Waals surface area contributed by atoms with Crippen molar-refractivity contribution in [2.45, 2.75) is 6.54 Å². The molecule has 0 aliphatic carbocycles. The maximum atomic E-state index is 12.0. The molecule has 0 fully saturated rings. The van der Waals surface area contributed by atoms with Gasteiger partial charge in [-0.15, -0.1) is 0 Å². The summed E-state index contributed by atoms with van der Waals surface area (Å²) in [6.45, 7) is 0.259. The fraction of sp³-hybridized carbons (Fsp3) is 0.214. The summed E-state index contributed by atoms with van der Waals surface area (Å²) in [5, 5.41) is 3.08. The SMILES string of the molecule is CNC(=S)N(C)c1c(N)n(Cc2ccccc2)c(=O)[nH]c1=O. The van der Waals surface area contributed by atoms with Crippen molar-refractivity contribution in [3.05, 3.63) is 56.7 Å². The number of thiocarbonyl (C=S) groups is 1. The number of anilines is 2. The number of nitrogens with one attached hydrogen (secondary N) is 2. The Morgan fingerprint density at radius 3 is 2.59 bits per heavy atom. The second-order valence-electron chi connectivity index (χ2n) is 4.68. The summed E-state index contributed by atoms with van der Waals surface area (Å²) in [6, 6.07) is 9.36. The summed E-state index contributed by atoms with van der Waals surface area (Å²) in [7, 11) is 3.25. The number of nitrogens with two attached hydrogens (primary N) is 1. The van der Waals surface area contributed by atoms with Crippen molar-refractivity contribution in [1.29, 1.82) is 0 Å². The summed E-state index contributed by atoms with van der Waals surface area (Å²) in [6.07, 6.45) is 0. The molecule has 0 spiro atoms. The fourth-order valence-corrected chi connectivity index (χ4v) is 2.19. The first kappa shape index (κ1) is 15.8. The second kappa shape index (κ2) is 6.44. The van der Waals surface area contributed by atoms with Gasteiger partial charge in [-0.1, -0.05) is 30.3 Å². The van der Waals surface area contributed by atoms with E-state index in [1.54, 1.807) is 14.1 Å². The number of rotatable bonds is 3. The number of H-pyrrole nitrogens is 1. The average molecular weight is 319 g/mol. The van der Waals surface area contributed by atoms with Gasteiger partial charge in [0.05, 0.1) is 6.54 Å². The summed E-state index contributed by atoms with van der Waals surface area (Å²) < 4.78 is 1.31. The first-order valence-electron chi connectivity index (χ1n) is 6.57. The van der Waals surface area contributed by atoms with Crippen molar-refractivity contribution in [3.8, 4) is 0 Å². The fourth-order valence-electron chi connectivity index (χ4n) is 2.09. The van der Waals surface area contributed by atoms with Gasteiger partial charge in [0.25, 0.3) is 5.56 Å². The van der Waals surface area contributed by atoms with Crippen molar-refractivity contribution in [2.24, 2.45) is 0 Å². The molecule has 2 aromatic rings. The minimum atomic E-state index is -0.577. The lowest BCUT2D eigenvalue weighted by atomic mass is 10.2. The van der Waals surface area contributed by atoms with Crippen LogP contribution in [0.5, 0.6) is 0 Å². The Morgan fingerprint density at radius 1 is 1.36 bits per heavy atom. The van der Waals surface area contributed by atoms with Crippen LogP contribution in [0.15, 0.2) is 39.9 Å². The second-order valence-corrected chi connectivity index (χ2v) is 5.07. The Hall–Kier alpha value is -2.61. The maximum absolute atomic E-state index is 12.0. The van der Waals surface area contributed by atoms with E-state index in [0.29, 0.717) is 5.11 Å². The third-order valence-electron chi connectivity index (χ3n) is 3.25. The predicted octanol–water partition coefficient (Wildman–Crippen LogP) is 0.108. The summed E-state index contributed by atoms with van der Waals surface area (Å²) in [5.41, 5.74) is 5.94. The molecule has 0 amide bonds. The van der Waals surface area contributed by atoms with E-state index in [4.69, 9.17) is 18.0 Å². The molecule has 0 saturated heterocycles. The Bertz CT molecular complexity index is 797. The molecule has 116 valence electrons. The highest BCUT2D eigenvalue weighted by Gasteiger charge is 2.18. The van der Waals surface area contributed by atoms with Crippen molar-refractivity contribution >= 4 is 28.8 Å². The van der Waals surface area contributed by atoms with Crippen LogP contribution in [0.3, 0.4) is 0 Å². The molecule has 7 nitrogen and oxygen atoms in total. The Kier molecular flexibility index (Phi) is 4.62. The molecule has 0 aliphatic heterocycles. The van der Waals surface area contributed by atoms with E-state index in [9.17, 15) is 9.59 Å². The van der Waals surface area contributed by atoms with Crippen LogP contribution < -0.4 is 27.2 Å². The van der Waals surface area contributed by atoms with Crippen LogP contribution in [0.25, 0.3) is 0 Å². The van der Waals surface area contributed by atoms with Gasteiger partial charge < -0.3 is 16.0 Å². The molecule has 4 N–H and O–H groups in total. The summed E-state index contributed by atoms with van der Waals surface area (Å²) in [4.78, 5) is 27.8. The zero-order valence-electron chi connectivity index (χ0n) is 12.3. The first-order valence-corrected chi connectivity index (χ1v) is 6.98. The van der Waals surface area contributed by atoms with Gasteiger partial charge in [-0.05, 0) is 17.8 Å². The average Bonchev–Trinajstić information content (AvgIpc) is 2.51. The molecule has 0 bridgehead atoms. The van der Waals surface area contributed by atoms with Crippen molar-refractivity contribution in [1.82, 2.24) is 14.9 Å². The topological polar surface area (TPSA) is 96.2 Å². The van der Waals surface area contributed by atoms with E-state index in [1.807, 2.05) is 30.3 Å². The highest BCUT2D eigenvalue weighted by molar-refractivity contribution is 7.80. The molecular weight excluding hydrogens is 302 g/mol. The van der Waals surface area contributed by atoms with Crippen LogP contribution in [0, 0.1) is 0 Å². The monoisotopic (exact) mass is 319 g/mol. The van der Waals surface area contributed by atoms with Crippen LogP contribution in [0.4, 0.5) is 11.5 Å².